The molecule has 0 saturated heterocycles. The Morgan fingerprint density at radius 1 is 1.10 bits per heavy atom. The number of hydrogen-bond acceptors (Lipinski definition) is 3. The van der Waals surface area contributed by atoms with E-state index in [0.29, 0.717) is 25.4 Å². The van der Waals surface area contributed by atoms with Crippen molar-refractivity contribution in [1.29, 1.82) is 0 Å². The van der Waals surface area contributed by atoms with Gasteiger partial charge in [0.1, 0.15) is 0 Å². The average Bonchev–Trinajstić information content (AvgIpc) is 3.58. The predicted molar refractivity (Wildman–Crippen MR) is 123 cm³/mol. The Bertz CT molecular complexity index is 1100. The number of sulfonamides is 1. The van der Waals surface area contributed by atoms with Crippen LogP contribution in [0.2, 0.25) is 5.02 Å². The molecular formula is C24H29ClN2O3S. The minimum Gasteiger partial charge on any atom is -0.333 e. The van der Waals surface area contributed by atoms with E-state index < -0.39 is 10.0 Å². The Labute approximate surface area is 190 Å². The number of benzene rings is 2. The molecule has 4 rings (SSSR count). The highest BCUT2D eigenvalue weighted by molar-refractivity contribution is 7.89. The molecule has 0 N–H and O–H groups in total. The molecule has 1 aliphatic heterocycles. The van der Waals surface area contributed by atoms with Crippen LogP contribution in [-0.2, 0) is 23.0 Å². The van der Waals surface area contributed by atoms with Gasteiger partial charge in [-0.05, 0) is 61.4 Å². The van der Waals surface area contributed by atoms with Crippen molar-refractivity contribution in [2.24, 2.45) is 5.92 Å². The summed E-state index contributed by atoms with van der Waals surface area (Å²) < 4.78 is 28.3. The molecule has 5 nitrogen and oxygen atoms in total. The standard InChI is InChI=1S/C24H29ClN2O3S/c1-16(2)17(3)27(20-8-9-20)24(28)22-14-21(10-11-23(22)25)31(29,30)26-13-12-18-6-4-5-7-19(18)15-26/h4-7,10-11,14,16-17,20H,8-9,12-13,15H2,1-3H3. The molecule has 1 fully saturated rings. The lowest BCUT2D eigenvalue weighted by Gasteiger charge is -2.32. The first-order chi connectivity index (χ1) is 14.7. The lowest BCUT2D eigenvalue weighted by molar-refractivity contribution is 0.0628. The fourth-order valence-corrected chi connectivity index (χ4v) is 5.79. The molecule has 166 valence electrons. The zero-order chi connectivity index (χ0) is 22.3. The predicted octanol–water partition coefficient (Wildman–Crippen LogP) is 4.74. The molecule has 1 aliphatic carbocycles. The fraction of sp³-hybridized carbons (Fsp3) is 0.458. The molecule has 1 atom stereocenters. The molecule has 0 radical (unpaired) electrons. The van der Waals surface area contributed by atoms with Crippen LogP contribution >= 0.6 is 11.6 Å². The Kier molecular flexibility index (Phi) is 6.16. The molecule has 2 aromatic carbocycles. The second-order valence-electron chi connectivity index (χ2n) is 8.93. The van der Waals surface area contributed by atoms with Gasteiger partial charge in [-0.25, -0.2) is 8.42 Å². The fourth-order valence-electron chi connectivity index (χ4n) is 4.15. The molecule has 31 heavy (non-hydrogen) atoms. The van der Waals surface area contributed by atoms with Crippen molar-refractivity contribution in [3.8, 4) is 0 Å². The van der Waals surface area contributed by atoms with Gasteiger partial charge in [-0.2, -0.15) is 4.31 Å². The van der Waals surface area contributed by atoms with E-state index in [-0.39, 0.29) is 33.5 Å². The number of amides is 1. The van der Waals surface area contributed by atoms with E-state index in [1.807, 2.05) is 36.1 Å². The molecular weight excluding hydrogens is 432 g/mol. The van der Waals surface area contributed by atoms with Gasteiger partial charge in [0.2, 0.25) is 10.0 Å². The van der Waals surface area contributed by atoms with Crippen LogP contribution in [0.15, 0.2) is 47.4 Å². The highest BCUT2D eigenvalue weighted by Crippen LogP contribution is 2.34. The van der Waals surface area contributed by atoms with E-state index in [1.165, 1.54) is 28.1 Å². The lowest BCUT2D eigenvalue weighted by atomic mass is 10.0. The Balaban J connectivity index is 1.65. The lowest BCUT2D eigenvalue weighted by Crippen LogP contribution is -2.43. The van der Waals surface area contributed by atoms with Gasteiger partial charge in [-0.1, -0.05) is 49.7 Å². The molecule has 1 heterocycles. The normalized spacial score (nSPS) is 18.0. The third kappa shape index (κ3) is 4.38. The Morgan fingerprint density at radius 3 is 2.42 bits per heavy atom. The van der Waals surface area contributed by atoms with Gasteiger partial charge < -0.3 is 4.90 Å². The maximum atomic E-state index is 13.4. The quantitative estimate of drug-likeness (QED) is 0.625. The van der Waals surface area contributed by atoms with Crippen LogP contribution in [0, 0.1) is 5.92 Å². The summed E-state index contributed by atoms with van der Waals surface area (Å²) in [5.41, 5.74) is 2.47. The molecule has 1 unspecified atom stereocenters. The number of carbonyl (C=O) groups is 1. The number of nitrogens with zero attached hydrogens (tertiary/aromatic N) is 2. The van der Waals surface area contributed by atoms with Crippen molar-refractivity contribution in [3.05, 3.63) is 64.2 Å². The number of hydrogen-bond donors (Lipinski definition) is 0. The number of fused-ring (bicyclic) bond motifs is 1. The summed E-state index contributed by atoms with van der Waals surface area (Å²) in [5.74, 6) is 0.110. The van der Waals surface area contributed by atoms with Crippen molar-refractivity contribution in [2.75, 3.05) is 6.54 Å². The molecule has 0 bridgehead atoms. The van der Waals surface area contributed by atoms with Crippen LogP contribution in [0.3, 0.4) is 0 Å². The van der Waals surface area contributed by atoms with Gasteiger partial charge in [0.15, 0.2) is 0 Å². The van der Waals surface area contributed by atoms with Gasteiger partial charge >= 0.3 is 0 Å². The van der Waals surface area contributed by atoms with E-state index in [1.54, 1.807) is 0 Å². The smallest absolute Gasteiger partial charge is 0.255 e. The summed E-state index contributed by atoms with van der Waals surface area (Å²) in [4.78, 5) is 15.5. The zero-order valence-electron chi connectivity index (χ0n) is 18.2. The van der Waals surface area contributed by atoms with Crippen LogP contribution in [0.5, 0.6) is 0 Å². The second kappa shape index (κ2) is 8.57. The summed E-state index contributed by atoms with van der Waals surface area (Å²) in [5, 5.41) is 0.287. The minimum absolute atomic E-state index is 0.0509. The highest BCUT2D eigenvalue weighted by atomic mass is 35.5. The number of halogens is 1. The highest BCUT2D eigenvalue weighted by Gasteiger charge is 2.38. The van der Waals surface area contributed by atoms with E-state index >= 15 is 0 Å². The van der Waals surface area contributed by atoms with Gasteiger partial charge in [0, 0.05) is 25.2 Å². The molecule has 0 spiro atoms. The van der Waals surface area contributed by atoms with Crippen LogP contribution in [-0.4, -0.2) is 42.2 Å². The molecule has 2 aromatic rings. The van der Waals surface area contributed by atoms with Crippen LogP contribution < -0.4 is 0 Å². The SMILES string of the molecule is CC(C)C(C)N(C(=O)c1cc(S(=O)(=O)N2CCc3ccccc3C2)ccc1Cl)C1CC1. The largest absolute Gasteiger partial charge is 0.333 e. The first-order valence-electron chi connectivity index (χ1n) is 10.9. The zero-order valence-corrected chi connectivity index (χ0v) is 19.8. The van der Waals surface area contributed by atoms with Crippen LogP contribution in [0.25, 0.3) is 0 Å². The molecule has 7 heteroatoms. The molecule has 1 amide bonds. The summed E-state index contributed by atoms with van der Waals surface area (Å²) in [6.45, 7) is 6.97. The van der Waals surface area contributed by atoms with Crippen molar-refractivity contribution >= 4 is 27.5 Å². The first-order valence-corrected chi connectivity index (χ1v) is 12.7. The van der Waals surface area contributed by atoms with Crippen molar-refractivity contribution in [2.45, 2.75) is 63.6 Å². The Hall–Kier alpha value is -1.89. The van der Waals surface area contributed by atoms with E-state index in [4.69, 9.17) is 11.6 Å². The maximum Gasteiger partial charge on any atom is 0.255 e. The molecule has 1 saturated carbocycles. The van der Waals surface area contributed by atoms with E-state index in [0.717, 1.165) is 18.4 Å². The van der Waals surface area contributed by atoms with E-state index in [9.17, 15) is 13.2 Å². The average molecular weight is 461 g/mol. The third-order valence-electron chi connectivity index (χ3n) is 6.48. The van der Waals surface area contributed by atoms with Crippen molar-refractivity contribution < 1.29 is 13.2 Å². The molecule has 0 aromatic heterocycles. The van der Waals surface area contributed by atoms with Crippen molar-refractivity contribution in [1.82, 2.24) is 9.21 Å². The number of rotatable bonds is 6. The van der Waals surface area contributed by atoms with Gasteiger partial charge in [0.25, 0.3) is 5.91 Å². The van der Waals surface area contributed by atoms with Crippen molar-refractivity contribution in [3.63, 3.8) is 0 Å². The number of carbonyl (C=O) groups excluding carboxylic acids is 1. The van der Waals surface area contributed by atoms with Gasteiger partial charge in [-0.3, -0.25) is 4.79 Å². The van der Waals surface area contributed by atoms with Crippen LogP contribution in [0.4, 0.5) is 0 Å². The van der Waals surface area contributed by atoms with E-state index in [2.05, 4.69) is 13.8 Å². The maximum absolute atomic E-state index is 13.4. The molecule has 2 aliphatic rings. The first kappa shape index (κ1) is 22.3. The minimum atomic E-state index is -3.74. The monoisotopic (exact) mass is 460 g/mol. The summed E-state index contributed by atoms with van der Waals surface area (Å²) in [7, 11) is -3.74. The third-order valence-corrected chi connectivity index (χ3v) is 8.65. The Morgan fingerprint density at radius 2 is 1.77 bits per heavy atom. The summed E-state index contributed by atoms with van der Waals surface area (Å²) in [6.07, 6.45) is 2.63. The summed E-state index contributed by atoms with van der Waals surface area (Å²) in [6, 6.07) is 12.7. The second-order valence-corrected chi connectivity index (χ2v) is 11.3. The van der Waals surface area contributed by atoms with Gasteiger partial charge in [0.05, 0.1) is 15.5 Å². The van der Waals surface area contributed by atoms with Crippen LogP contribution in [0.1, 0.15) is 55.1 Å². The summed E-state index contributed by atoms with van der Waals surface area (Å²) >= 11 is 6.39. The topological polar surface area (TPSA) is 57.7 Å². The van der Waals surface area contributed by atoms with Gasteiger partial charge in [-0.15, -0.1) is 0 Å².